The van der Waals surface area contributed by atoms with Crippen molar-refractivity contribution in [3.05, 3.63) is 0 Å². The SMILES string of the molecule is CCCCCCCCCCCCNC1CCS(=O)(=O)CC1. The Kier molecular flexibility index (Phi) is 10.4. The monoisotopic (exact) mass is 317 g/mol. The summed E-state index contributed by atoms with van der Waals surface area (Å²) in [5, 5.41) is 3.52. The number of hydrogen-bond acceptors (Lipinski definition) is 3. The maximum Gasteiger partial charge on any atom is 0.150 e. The van der Waals surface area contributed by atoms with Gasteiger partial charge in [0.25, 0.3) is 0 Å². The Morgan fingerprint density at radius 1 is 0.810 bits per heavy atom. The number of rotatable bonds is 12. The Morgan fingerprint density at radius 3 is 1.81 bits per heavy atom. The zero-order valence-corrected chi connectivity index (χ0v) is 14.7. The summed E-state index contributed by atoms with van der Waals surface area (Å²) >= 11 is 0. The van der Waals surface area contributed by atoms with Crippen LogP contribution in [0.2, 0.25) is 0 Å². The van der Waals surface area contributed by atoms with E-state index in [1.54, 1.807) is 0 Å². The minimum Gasteiger partial charge on any atom is -0.314 e. The third kappa shape index (κ3) is 10.3. The zero-order chi connectivity index (χ0) is 15.4. The molecule has 0 bridgehead atoms. The molecule has 21 heavy (non-hydrogen) atoms. The molecule has 0 aromatic rings. The predicted octanol–water partition coefficient (Wildman–Crippen LogP) is 4.07. The van der Waals surface area contributed by atoms with Crippen molar-refractivity contribution in [3.63, 3.8) is 0 Å². The first-order valence-electron chi connectivity index (χ1n) is 9.08. The van der Waals surface area contributed by atoms with Gasteiger partial charge in [-0.2, -0.15) is 0 Å². The average Bonchev–Trinajstić information content (AvgIpc) is 2.46. The molecule has 1 rings (SSSR count). The summed E-state index contributed by atoms with van der Waals surface area (Å²) in [6, 6.07) is 0.437. The fraction of sp³-hybridized carbons (Fsp3) is 1.00. The molecule has 3 nitrogen and oxygen atoms in total. The van der Waals surface area contributed by atoms with Gasteiger partial charge in [0.05, 0.1) is 11.5 Å². The maximum absolute atomic E-state index is 11.3. The summed E-state index contributed by atoms with van der Waals surface area (Å²) in [6.07, 6.45) is 15.3. The van der Waals surface area contributed by atoms with Crippen LogP contribution in [0.15, 0.2) is 0 Å². The predicted molar refractivity (Wildman–Crippen MR) is 91.5 cm³/mol. The molecular weight excluding hydrogens is 282 g/mol. The molecule has 1 saturated heterocycles. The molecule has 1 fully saturated rings. The fourth-order valence-electron chi connectivity index (χ4n) is 3.01. The van der Waals surface area contributed by atoms with Crippen molar-refractivity contribution in [1.82, 2.24) is 5.32 Å². The van der Waals surface area contributed by atoms with Crippen LogP contribution in [-0.4, -0.2) is 32.5 Å². The van der Waals surface area contributed by atoms with Crippen molar-refractivity contribution >= 4 is 9.84 Å². The molecular formula is C17H35NO2S. The van der Waals surface area contributed by atoms with Gasteiger partial charge in [0.15, 0.2) is 0 Å². The van der Waals surface area contributed by atoms with E-state index in [1.165, 1.54) is 64.2 Å². The first-order valence-corrected chi connectivity index (χ1v) is 10.9. The molecule has 126 valence electrons. The molecule has 1 aliphatic rings. The van der Waals surface area contributed by atoms with Crippen molar-refractivity contribution in [2.24, 2.45) is 0 Å². The molecule has 0 atom stereocenters. The van der Waals surface area contributed by atoms with Crippen LogP contribution in [0, 0.1) is 0 Å². The second-order valence-electron chi connectivity index (χ2n) is 6.56. The van der Waals surface area contributed by atoms with E-state index in [1.807, 2.05) is 0 Å². The molecule has 4 heteroatoms. The smallest absolute Gasteiger partial charge is 0.150 e. The van der Waals surface area contributed by atoms with Crippen LogP contribution >= 0.6 is 0 Å². The van der Waals surface area contributed by atoms with Crippen molar-refractivity contribution in [1.29, 1.82) is 0 Å². The van der Waals surface area contributed by atoms with Crippen LogP contribution in [0.25, 0.3) is 0 Å². The van der Waals surface area contributed by atoms with Crippen LogP contribution in [0.3, 0.4) is 0 Å². The molecule has 1 N–H and O–H groups in total. The highest BCUT2D eigenvalue weighted by Gasteiger charge is 2.22. The lowest BCUT2D eigenvalue weighted by atomic mass is 10.1. The lowest BCUT2D eigenvalue weighted by molar-refractivity contribution is 0.451. The van der Waals surface area contributed by atoms with Gasteiger partial charge in [-0.05, 0) is 25.8 Å². The molecule has 0 spiro atoms. The van der Waals surface area contributed by atoms with Crippen molar-refractivity contribution < 1.29 is 8.42 Å². The number of hydrogen-bond donors (Lipinski definition) is 1. The third-order valence-corrected chi connectivity index (χ3v) is 6.23. The van der Waals surface area contributed by atoms with Gasteiger partial charge in [-0.25, -0.2) is 8.42 Å². The third-order valence-electron chi connectivity index (χ3n) is 4.52. The molecule has 0 saturated carbocycles. The first kappa shape index (κ1) is 19.0. The van der Waals surface area contributed by atoms with E-state index in [9.17, 15) is 8.42 Å². The van der Waals surface area contributed by atoms with Gasteiger partial charge in [0.1, 0.15) is 9.84 Å². The number of sulfone groups is 1. The maximum atomic E-state index is 11.3. The van der Waals surface area contributed by atoms with E-state index in [-0.39, 0.29) is 0 Å². The summed E-state index contributed by atoms with van der Waals surface area (Å²) in [6.45, 7) is 3.32. The highest BCUT2D eigenvalue weighted by Crippen LogP contribution is 2.13. The molecule has 0 unspecified atom stereocenters. The van der Waals surface area contributed by atoms with Gasteiger partial charge in [-0.3, -0.25) is 0 Å². The second kappa shape index (κ2) is 11.5. The van der Waals surface area contributed by atoms with E-state index >= 15 is 0 Å². The van der Waals surface area contributed by atoms with E-state index in [0.717, 1.165) is 19.4 Å². The summed E-state index contributed by atoms with van der Waals surface area (Å²) in [5.74, 6) is 0.755. The van der Waals surface area contributed by atoms with Crippen LogP contribution in [0.1, 0.15) is 84.0 Å². The van der Waals surface area contributed by atoms with Gasteiger partial charge in [0, 0.05) is 6.04 Å². The van der Waals surface area contributed by atoms with Crippen molar-refractivity contribution in [2.45, 2.75) is 90.0 Å². The minimum atomic E-state index is -2.71. The molecule has 0 radical (unpaired) electrons. The summed E-state index contributed by atoms with van der Waals surface area (Å²) in [5.41, 5.74) is 0. The lowest BCUT2D eigenvalue weighted by Gasteiger charge is -2.23. The van der Waals surface area contributed by atoms with Crippen LogP contribution < -0.4 is 5.32 Å². The van der Waals surface area contributed by atoms with Crippen LogP contribution in [-0.2, 0) is 9.84 Å². The Hall–Kier alpha value is -0.0900. The van der Waals surface area contributed by atoms with E-state index in [0.29, 0.717) is 17.5 Å². The Balaban J connectivity index is 1.81. The van der Waals surface area contributed by atoms with E-state index < -0.39 is 9.84 Å². The number of nitrogens with one attached hydrogen (secondary N) is 1. The van der Waals surface area contributed by atoms with Gasteiger partial charge >= 0.3 is 0 Å². The Labute approximate surface area is 132 Å². The van der Waals surface area contributed by atoms with Gasteiger partial charge in [0.2, 0.25) is 0 Å². The lowest BCUT2D eigenvalue weighted by Crippen LogP contribution is -2.37. The van der Waals surface area contributed by atoms with Crippen LogP contribution in [0.4, 0.5) is 0 Å². The fourth-order valence-corrected chi connectivity index (χ4v) is 4.50. The number of unbranched alkanes of at least 4 members (excludes halogenated alkanes) is 9. The zero-order valence-electron chi connectivity index (χ0n) is 13.9. The molecule has 1 heterocycles. The standard InChI is InChI=1S/C17H35NO2S/c1-2-3-4-5-6-7-8-9-10-11-14-18-17-12-15-21(19,20)16-13-17/h17-18H,2-16H2,1H3. The van der Waals surface area contributed by atoms with Gasteiger partial charge < -0.3 is 5.32 Å². The van der Waals surface area contributed by atoms with Gasteiger partial charge in [-0.1, -0.05) is 64.7 Å². The van der Waals surface area contributed by atoms with Crippen LogP contribution in [0.5, 0.6) is 0 Å². The average molecular weight is 318 g/mol. The van der Waals surface area contributed by atoms with E-state index in [2.05, 4.69) is 12.2 Å². The summed E-state index contributed by atoms with van der Waals surface area (Å²) in [7, 11) is -2.71. The quantitative estimate of drug-likeness (QED) is 0.552. The topological polar surface area (TPSA) is 46.2 Å². The highest BCUT2D eigenvalue weighted by atomic mass is 32.2. The Bertz CT molecular complexity index is 327. The Morgan fingerprint density at radius 2 is 1.29 bits per heavy atom. The highest BCUT2D eigenvalue weighted by molar-refractivity contribution is 7.91. The molecule has 0 amide bonds. The first-order chi connectivity index (χ1) is 10.1. The summed E-state index contributed by atoms with van der Waals surface area (Å²) < 4.78 is 22.7. The van der Waals surface area contributed by atoms with E-state index in [4.69, 9.17) is 0 Å². The normalized spacial score (nSPS) is 18.9. The van der Waals surface area contributed by atoms with Gasteiger partial charge in [-0.15, -0.1) is 0 Å². The minimum absolute atomic E-state index is 0.378. The second-order valence-corrected chi connectivity index (χ2v) is 8.87. The van der Waals surface area contributed by atoms with Crippen molar-refractivity contribution in [2.75, 3.05) is 18.1 Å². The van der Waals surface area contributed by atoms with Crippen molar-refractivity contribution in [3.8, 4) is 0 Å². The molecule has 0 aromatic carbocycles. The summed E-state index contributed by atoms with van der Waals surface area (Å²) in [4.78, 5) is 0. The largest absolute Gasteiger partial charge is 0.314 e. The molecule has 0 aromatic heterocycles. The molecule has 1 aliphatic heterocycles. The molecule has 0 aliphatic carbocycles.